The number of carbonyl (C=O) groups excluding carboxylic acids is 2. The molecule has 1 rings (SSSR count). The van der Waals surface area contributed by atoms with Crippen LogP contribution in [0, 0.1) is 0 Å². The van der Waals surface area contributed by atoms with E-state index in [2.05, 4.69) is 10.5 Å². The molecule has 96 valence electrons. The van der Waals surface area contributed by atoms with Crippen LogP contribution < -0.4 is 10.9 Å². The van der Waals surface area contributed by atoms with Gasteiger partial charge in [0.2, 0.25) is 11.8 Å². The van der Waals surface area contributed by atoms with Gasteiger partial charge in [0.15, 0.2) is 0 Å². The van der Waals surface area contributed by atoms with E-state index in [1.807, 2.05) is 0 Å². The number of rotatable bonds is 6. The van der Waals surface area contributed by atoms with Gasteiger partial charge in [-0.1, -0.05) is 0 Å². The lowest BCUT2D eigenvalue weighted by Crippen LogP contribution is -2.20. The summed E-state index contributed by atoms with van der Waals surface area (Å²) in [6.07, 6.45) is 6.07. The maximum atomic E-state index is 11.3. The van der Waals surface area contributed by atoms with Gasteiger partial charge in [-0.05, 0) is 38.5 Å². The van der Waals surface area contributed by atoms with Crippen molar-refractivity contribution in [2.24, 2.45) is 5.10 Å². The van der Waals surface area contributed by atoms with Crippen LogP contribution in [0.1, 0.15) is 51.4 Å². The second kappa shape index (κ2) is 7.78. The largest absolute Gasteiger partial charge is 0.289 e. The minimum absolute atomic E-state index is 0.117. The highest BCUT2D eigenvalue weighted by atomic mass is 16.5. The third-order valence-corrected chi connectivity index (χ3v) is 2.70. The number of nitrogens with zero attached hydrogens (tertiary/aromatic N) is 1. The molecule has 6 heteroatoms. The monoisotopic (exact) mass is 241 g/mol. The molecule has 1 aliphatic rings. The highest BCUT2D eigenvalue weighted by Gasteiger charge is 2.08. The SMILES string of the molecule is O=C(CCCCC(=O)NN=C1CCCC1)NO. The molecular formula is C11H19N3O3. The zero-order valence-electron chi connectivity index (χ0n) is 9.87. The van der Waals surface area contributed by atoms with Crippen molar-refractivity contribution >= 4 is 17.5 Å². The fourth-order valence-electron chi connectivity index (χ4n) is 1.72. The van der Waals surface area contributed by atoms with Gasteiger partial charge < -0.3 is 0 Å². The summed E-state index contributed by atoms with van der Waals surface area (Å²) >= 11 is 0. The van der Waals surface area contributed by atoms with Crippen LogP contribution in [0.15, 0.2) is 5.10 Å². The van der Waals surface area contributed by atoms with Crippen LogP contribution >= 0.6 is 0 Å². The summed E-state index contributed by atoms with van der Waals surface area (Å²) < 4.78 is 0. The molecule has 3 N–H and O–H groups in total. The Hall–Kier alpha value is -1.43. The normalized spacial score (nSPS) is 14.5. The summed E-state index contributed by atoms with van der Waals surface area (Å²) in [5.74, 6) is -0.537. The summed E-state index contributed by atoms with van der Waals surface area (Å²) in [7, 11) is 0. The van der Waals surface area contributed by atoms with Crippen LogP contribution in [-0.4, -0.2) is 22.7 Å². The van der Waals surface area contributed by atoms with Gasteiger partial charge in [-0.25, -0.2) is 10.9 Å². The Balaban J connectivity index is 2.05. The van der Waals surface area contributed by atoms with Crippen LogP contribution in [0.4, 0.5) is 0 Å². The second-order valence-electron chi connectivity index (χ2n) is 4.16. The molecule has 2 amide bonds. The van der Waals surface area contributed by atoms with E-state index < -0.39 is 5.91 Å². The Labute approximate surface area is 100 Å². The number of hydrogen-bond donors (Lipinski definition) is 3. The molecule has 0 aliphatic heterocycles. The molecule has 0 radical (unpaired) electrons. The van der Waals surface area contributed by atoms with E-state index in [4.69, 9.17) is 5.21 Å². The van der Waals surface area contributed by atoms with E-state index in [9.17, 15) is 9.59 Å². The maximum Gasteiger partial charge on any atom is 0.243 e. The first-order valence-corrected chi connectivity index (χ1v) is 5.99. The molecule has 0 aromatic rings. The predicted octanol–water partition coefficient (Wildman–Crippen LogP) is 1.10. The first-order valence-electron chi connectivity index (χ1n) is 5.99. The molecule has 1 fully saturated rings. The van der Waals surface area contributed by atoms with Crippen LogP contribution in [0.2, 0.25) is 0 Å². The average Bonchev–Trinajstić information content (AvgIpc) is 2.84. The zero-order valence-corrected chi connectivity index (χ0v) is 9.87. The standard InChI is InChI=1S/C11H19N3O3/c15-10(7-3-4-8-11(16)14-17)13-12-9-5-1-2-6-9/h17H,1-8H2,(H,13,15)(H,14,16). The van der Waals surface area contributed by atoms with Gasteiger partial charge in [0, 0.05) is 18.6 Å². The second-order valence-corrected chi connectivity index (χ2v) is 4.16. The number of hydroxylamine groups is 1. The van der Waals surface area contributed by atoms with Gasteiger partial charge >= 0.3 is 0 Å². The molecule has 0 atom stereocenters. The van der Waals surface area contributed by atoms with Gasteiger partial charge in [0.25, 0.3) is 0 Å². The highest BCUT2D eigenvalue weighted by Crippen LogP contribution is 2.13. The van der Waals surface area contributed by atoms with Crippen molar-refractivity contribution in [3.05, 3.63) is 0 Å². The van der Waals surface area contributed by atoms with Crippen molar-refractivity contribution in [3.8, 4) is 0 Å². The lowest BCUT2D eigenvalue weighted by Gasteiger charge is -2.01. The highest BCUT2D eigenvalue weighted by molar-refractivity contribution is 5.87. The molecule has 17 heavy (non-hydrogen) atoms. The quantitative estimate of drug-likeness (QED) is 0.369. The maximum absolute atomic E-state index is 11.3. The lowest BCUT2D eigenvalue weighted by molar-refractivity contribution is -0.129. The molecule has 0 saturated heterocycles. The third-order valence-electron chi connectivity index (χ3n) is 2.70. The first kappa shape index (κ1) is 13.6. The fraction of sp³-hybridized carbons (Fsp3) is 0.727. The van der Waals surface area contributed by atoms with Crippen LogP contribution in [0.5, 0.6) is 0 Å². The molecule has 0 aromatic heterocycles. The molecule has 1 aliphatic carbocycles. The van der Waals surface area contributed by atoms with E-state index in [-0.39, 0.29) is 12.3 Å². The van der Waals surface area contributed by atoms with Crippen molar-refractivity contribution < 1.29 is 14.8 Å². The van der Waals surface area contributed by atoms with E-state index >= 15 is 0 Å². The van der Waals surface area contributed by atoms with Crippen LogP contribution in [0.25, 0.3) is 0 Å². The number of nitrogens with one attached hydrogen (secondary N) is 2. The van der Waals surface area contributed by atoms with Gasteiger partial charge in [-0.2, -0.15) is 5.10 Å². The van der Waals surface area contributed by atoms with Gasteiger partial charge in [-0.3, -0.25) is 14.8 Å². The Morgan fingerprint density at radius 2 is 1.71 bits per heavy atom. The number of hydrazone groups is 1. The molecule has 0 bridgehead atoms. The lowest BCUT2D eigenvalue weighted by atomic mass is 10.2. The van der Waals surface area contributed by atoms with Gasteiger partial charge in [0.1, 0.15) is 0 Å². The summed E-state index contributed by atoms with van der Waals surface area (Å²) in [6, 6.07) is 0. The smallest absolute Gasteiger partial charge is 0.243 e. The fourth-order valence-corrected chi connectivity index (χ4v) is 1.72. The molecular weight excluding hydrogens is 222 g/mol. The number of amides is 2. The molecule has 0 aromatic carbocycles. The minimum Gasteiger partial charge on any atom is -0.289 e. The molecule has 0 heterocycles. The first-order chi connectivity index (χ1) is 8.22. The van der Waals surface area contributed by atoms with Gasteiger partial charge in [0.05, 0.1) is 0 Å². The zero-order chi connectivity index (χ0) is 12.5. The molecule has 0 spiro atoms. The number of hydrogen-bond acceptors (Lipinski definition) is 4. The number of carbonyl (C=O) groups is 2. The Morgan fingerprint density at radius 1 is 1.12 bits per heavy atom. The van der Waals surface area contributed by atoms with Crippen molar-refractivity contribution in [2.45, 2.75) is 51.4 Å². The molecule has 6 nitrogen and oxygen atoms in total. The van der Waals surface area contributed by atoms with Crippen molar-refractivity contribution in [3.63, 3.8) is 0 Å². The third kappa shape index (κ3) is 6.01. The Morgan fingerprint density at radius 3 is 2.29 bits per heavy atom. The van der Waals surface area contributed by atoms with Gasteiger partial charge in [-0.15, -0.1) is 0 Å². The Bertz CT molecular complexity index is 294. The summed E-state index contributed by atoms with van der Waals surface area (Å²) in [5.41, 5.74) is 5.15. The summed E-state index contributed by atoms with van der Waals surface area (Å²) in [4.78, 5) is 22.0. The summed E-state index contributed by atoms with van der Waals surface area (Å²) in [5, 5.41) is 12.3. The average molecular weight is 241 g/mol. The van der Waals surface area contributed by atoms with Crippen molar-refractivity contribution in [1.29, 1.82) is 0 Å². The summed E-state index contributed by atoms with van der Waals surface area (Å²) in [6.45, 7) is 0. The van der Waals surface area contributed by atoms with Crippen LogP contribution in [0.3, 0.4) is 0 Å². The van der Waals surface area contributed by atoms with Crippen molar-refractivity contribution in [1.82, 2.24) is 10.9 Å². The molecule has 1 saturated carbocycles. The predicted molar refractivity (Wildman–Crippen MR) is 62.4 cm³/mol. The van der Waals surface area contributed by atoms with E-state index in [1.54, 1.807) is 5.48 Å². The van der Waals surface area contributed by atoms with E-state index in [0.717, 1.165) is 31.4 Å². The number of unbranched alkanes of at least 4 members (excludes halogenated alkanes) is 1. The van der Waals surface area contributed by atoms with E-state index in [1.165, 1.54) is 0 Å². The molecule has 0 unspecified atom stereocenters. The Kier molecular flexibility index (Phi) is 6.24. The van der Waals surface area contributed by atoms with E-state index in [0.29, 0.717) is 19.3 Å². The topological polar surface area (TPSA) is 90.8 Å². The minimum atomic E-state index is -0.420. The van der Waals surface area contributed by atoms with Crippen molar-refractivity contribution in [2.75, 3.05) is 0 Å². The van der Waals surface area contributed by atoms with Crippen LogP contribution in [-0.2, 0) is 9.59 Å².